The number of esters is 1. The number of hydrogen-bond acceptors (Lipinski definition) is 7. The van der Waals surface area contributed by atoms with Gasteiger partial charge >= 0.3 is 5.97 Å². The molecule has 0 fully saturated rings. The molecule has 1 atom stereocenters. The van der Waals surface area contributed by atoms with Crippen LogP contribution in [0.15, 0.2) is 65.7 Å². The average Bonchev–Trinajstić information content (AvgIpc) is 3.42. The Morgan fingerprint density at radius 2 is 1.83 bits per heavy atom. The van der Waals surface area contributed by atoms with Crippen LogP contribution in [0.5, 0.6) is 0 Å². The Labute approximate surface area is 202 Å². The number of sulfone groups is 1. The summed E-state index contributed by atoms with van der Waals surface area (Å²) in [6, 6.07) is 15.0. The van der Waals surface area contributed by atoms with Gasteiger partial charge in [-0.1, -0.05) is 30.3 Å². The van der Waals surface area contributed by atoms with E-state index >= 15 is 0 Å². The molecule has 0 aliphatic carbocycles. The number of aryl methyl sites for hydroxylation is 1. The third-order valence-electron chi connectivity index (χ3n) is 5.49. The van der Waals surface area contributed by atoms with E-state index in [1.54, 1.807) is 50.0 Å². The second kappa shape index (κ2) is 9.71. The van der Waals surface area contributed by atoms with Crippen molar-refractivity contribution in [3.8, 4) is 5.82 Å². The Morgan fingerprint density at radius 1 is 1.11 bits per heavy atom. The monoisotopic (exact) mass is 495 g/mol. The number of aromatic nitrogens is 4. The van der Waals surface area contributed by atoms with E-state index in [9.17, 15) is 18.0 Å². The summed E-state index contributed by atoms with van der Waals surface area (Å²) in [6.07, 6.45) is 1.74. The maximum Gasteiger partial charge on any atom is 0.321 e. The number of carbonyl (C=O) groups excluding carboxylic acids is 2. The van der Waals surface area contributed by atoms with Gasteiger partial charge in [0.05, 0.1) is 29.3 Å². The van der Waals surface area contributed by atoms with E-state index in [-0.39, 0.29) is 17.4 Å². The van der Waals surface area contributed by atoms with E-state index in [2.05, 4.69) is 15.5 Å². The summed E-state index contributed by atoms with van der Waals surface area (Å²) in [5.41, 5.74) is 1.93. The molecule has 1 N–H and O–H groups in total. The van der Waals surface area contributed by atoms with Crippen LogP contribution in [0.4, 0.5) is 0 Å². The summed E-state index contributed by atoms with van der Waals surface area (Å²) in [4.78, 5) is 24.5. The van der Waals surface area contributed by atoms with Gasteiger partial charge in [-0.15, -0.1) is 0 Å². The van der Waals surface area contributed by atoms with Gasteiger partial charge in [-0.2, -0.15) is 10.2 Å². The summed E-state index contributed by atoms with van der Waals surface area (Å²) in [7, 11) is -2.13. The number of para-hydroxylation sites is 1. The Morgan fingerprint density at radius 3 is 2.54 bits per heavy atom. The van der Waals surface area contributed by atoms with E-state index in [0.717, 1.165) is 10.9 Å². The van der Waals surface area contributed by atoms with Crippen LogP contribution >= 0.6 is 0 Å². The van der Waals surface area contributed by atoms with Gasteiger partial charge < -0.3 is 10.1 Å². The number of fused-ring (bicyclic) bond motifs is 1. The third-order valence-corrected chi connectivity index (χ3v) is 7.10. The van der Waals surface area contributed by atoms with Gasteiger partial charge in [-0.25, -0.2) is 13.1 Å². The lowest BCUT2D eigenvalue weighted by Crippen LogP contribution is -2.28. The van der Waals surface area contributed by atoms with Crippen molar-refractivity contribution < 1.29 is 22.7 Å². The van der Waals surface area contributed by atoms with Crippen molar-refractivity contribution in [1.82, 2.24) is 24.9 Å². The summed E-state index contributed by atoms with van der Waals surface area (Å²) >= 11 is 0. The van der Waals surface area contributed by atoms with Crippen molar-refractivity contribution in [2.24, 2.45) is 7.05 Å². The average molecular weight is 496 g/mol. The summed E-state index contributed by atoms with van der Waals surface area (Å²) < 4.78 is 32.7. The first kappa shape index (κ1) is 24.1. The molecule has 1 amide bonds. The minimum absolute atomic E-state index is 0.00977. The van der Waals surface area contributed by atoms with Crippen LogP contribution in [-0.2, 0) is 26.4 Å². The molecular weight excluding hydrogens is 470 g/mol. The van der Waals surface area contributed by atoms with Crippen molar-refractivity contribution in [3.05, 3.63) is 72.1 Å². The van der Waals surface area contributed by atoms with Crippen molar-refractivity contribution >= 4 is 32.6 Å². The van der Waals surface area contributed by atoms with Gasteiger partial charge in [-0.3, -0.25) is 14.3 Å². The number of nitrogens with zero attached hydrogens (tertiary/aromatic N) is 4. The molecule has 4 aromatic rings. The Hall–Kier alpha value is -3.99. The first-order chi connectivity index (χ1) is 16.7. The SMILES string of the molecule is CCOC(=O)CS(=O)(=O)c1ccc(C(C)NC(=O)c2cc(-n3ncc4ccccc43)nn2C)cc1. The fourth-order valence-electron chi connectivity index (χ4n) is 3.68. The number of rotatable bonds is 8. The molecule has 0 saturated heterocycles. The fraction of sp³-hybridized carbons (Fsp3) is 0.250. The van der Waals surface area contributed by atoms with Crippen LogP contribution in [0.1, 0.15) is 35.9 Å². The molecule has 2 aromatic carbocycles. The topological polar surface area (TPSA) is 125 Å². The highest BCUT2D eigenvalue weighted by Crippen LogP contribution is 2.20. The lowest BCUT2D eigenvalue weighted by molar-refractivity contribution is -0.139. The summed E-state index contributed by atoms with van der Waals surface area (Å²) in [5, 5.41) is 12.7. The van der Waals surface area contributed by atoms with E-state index in [1.165, 1.54) is 16.8 Å². The zero-order valence-corrected chi connectivity index (χ0v) is 20.3. The van der Waals surface area contributed by atoms with Gasteiger partial charge in [0.15, 0.2) is 21.4 Å². The minimum atomic E-state index is -3.81. The molecule has 0 aliphatic rings. The number of ether oxygens (including phenoxy) is 1. The highest BCUT2D eigenvalue weighted by Gasteiger charge is 2.22. The van der Waals surface area contributed by atoms with Gasteiger partial charge in [0, 0.05) is 18.5 Å². The van der Waals surface area contributed by atoms with Crippen LogP contribution in [0, 0.1) is 0 Å². The molecule has 1 unspecified atom stereocenters. The smallest absolute Gasteiger partial charge is 0.321 e. The van der Waals surface area contributed by atoms with E-state index < -0.39 is 27.6 Å². The molecule has 11 heteroatoms. The lowest BCUT2D eigenvalue weighted by Gasteiger charge is -2.15. The van der Waals surface area contributed by atoms with Crippen LogP contribution in [0.2, 0.25) is 0 Å². The molecule has 35 heavy (non-hydrogen) atoms. The Kier molecular flexibility index (Phi) is 6.70. The number of nitrogens with one attached hydrogen (secondary N) is 1. The van der Waals surface area contributed by atoms with E-state index in [4.69, 9.17) is 4.74 Å². The molecule has 0 spiro atoms. The summed E-state index contributed by atoms with van der Waals surface area (Å²) in [5.74, 6) is -1.34. The Bertz CT molecular complexity index is 1490. The second-order valence-corrected chi connectivity index (χ2v) is 9.94. The summed E-state index contributed by atoms with van der Waals surface area (Å²) in [6.45, 7) is 3.51. The highest BCUT2D eigenvalue weighted by atomic mass is 32.2. The van der Waals surface area contributed by atoms with E-state index in [1.807, 2.05) is 24.3 Å². The van der Waals surface area contributed by atoms with Crippen molar-refractivity contribution in [2.75, 3.05) is 12.4 Å². The maximum absolute atomic E-state index is 13.0. The molecule has 182 valence electrons. The lowest BCUT2D eigenvalue weighted by atomic mass is 10.1. The zero-order valence-electron chi connectivity index (χ0n) is 19.5. The normalized spacial score (nSPS) is 12.4. The van der Waals surface area contributed by atoms with Gasteiger partial charge in [0.2, 0.25) is 0 Å². The Balaban J connectivity index is 1.47. The van der Waals surface area contributed by atoms with Crippen LogP contribution in [-0.4, -0.2) is 52.2 Å². The third kappa shape index (κ3) is 5.09. The van der Waals surface area contributed by atoms with Crippen LogP contribution < -0.4 is 5.32 Å². The standard InChI is InChI=1S/C24H25N5O5S/c1-4-34-23(30)15-35(32,33)19-11-9-17(10-12-19)16(2)26-24(31)21-13-22(27-28(21)3)29-20-8-6-5-7-18(20)14-25-29/h5-14,16H,4,15H2,1-3H3,(H,26,31). The second-order valence-electron chi connectivity index (χ2n) is 7.95. The van der Waals surface area contributed by atoms with Crippen LogP contribution in [0.25, 0.3) is 16.7 Å². The van der Waals surface area contributed by atoms with Crippen LogP contribution in [0.3, 0.4) is 0 Å². The highest BCUT2D eigenvalue weighted by molar-refractivity contribution is 7.92. The molecule has 0 bridgehead atoms. The number of carbonyl (C=O) groups is 2. The molecule has 2 heterocycles. The molecule has 0 aliphatic heterocycles. The largest absolute Gasteiger partial charge is 0.465 e. The van der Waals surface area contributed by atoms with Gasteiger partial charge in [0.25, 0.3) is 5.91 Å². The predicted molar refractivity (Wildman–Crippen MR) is 129 cm³/mol. The molecule has 10 nitrogen and oxygen atoms in total. The predicted octanol–water partition coefficient (Wildman–Crippen LogP) is 2.59. The molecule has 0 saturated carbocycles. The molecule has 0 radical (unpaired) electrons. The number of hydrogen-bond donors (Lipinski definition) is 1. The fourth-order valence-corrected chi connectivity index (χ4v) is 4.79. The van der Waals surface area contributed by atoms with Gasteiger partial charge in [0.1, 0.15) is 5.69 Å². The quantitative estimate of drug-likeness (QED) is 0.373. The number of benzene rings is 2. The number of amides is 1. The molecule has 2 aromatic heterocycles. The van der Waals surface area contributed by atoms with Crippen molar-refractivity contribution in [3.63, 3.8) is 0 Å². The minimum Gasteiger partial charge on any atom is -0.465 e. The molecular formula is C24H25N5O5S. The van der Waals surface area contributed by atoms with Crippen molar-refractivity contribution in [2.45, 2.75) is 24.8 Å². The zero-order chi connectivity index (χ0) is 25.2. The molecule has 4 rings (SSSR count). The van der Waals surface area contributed by atoms with Gasteiger partial charge in [-0.05, 0) is 37.6 Å². The first-order valence-electron chi connectivity index (χ1n) is 11.0. The first-order valence-corrected chi connectivity index (χ1v) is 12.6. The van der Waals surface area contributed by atoms with E-state index in [0.29, 0.717) is 17.1 Å². The van der Waals surface area contributed by atoms with Crippen molar-refractivity contribution in [1.29, 1.82) is 0 Å². The maximum atomic E-state index is 13.0.